The monoisotopic (exact) mass is 593 g/mol. The maximum Gasteiger partial charge on any atom is 0.244 e. The van der Waals surface area contributed by atoms with Crippen molar-refractivity contribution in [3.05, 3.63) is 99.8 Å². The van der Waals surface area contributed by atoms with E-state index in [0.717, 1.165) is 28.3 Å². The van der Waals surface area contributed by atoms with E-state index in [9.17, 15) is 22.4 Å². The van der Waals surface area contributed by atoms with Crippen molar-refractivity contribution in [2.75, 3.05) is 17.1 Å². The standard InChI is InChI=1S/C28H30Cl2FN3O4S/c1-19(2)32-28(36)26(15-20-7-5-4-6-8-20)33(17-21-9-11-22(29)12-10-21)27(35)18-34(39(3,37)38)23-13-14-25(31)24(30)16-23/h4-14,16,19,26H,15,17-18H2,1-3H3,(H,32,36)/t26-/m0/s1. The Morgan fingerprint density at radius 1 is 0.949 bits per heavy atom. The van der Waals surface area contributed by atoms with E-state index in [0.29, 0.717) is 10.6 Å². The van der Waals surface area contributed by atoms with Gasteiger partial charge in [0.1, 0.15) is 18.4 Å². The second kappa shape index (κ2) is 13.3. The van der Waals surface area contributed by atoms with Gasteiger partial charge in [0.2, 0.25) is 21.8 Å². The lowest BCUT2D eigenvalue weighted by Gasteiger charge is -2.34. The van der Waals surface area contributed by atoms with Gasteiger partial charge in [0.25, 0.3) is 0 Å². The van der Waals surface area contributed by atoms with Crippen LogP contribution in [-0.2, 0) is 32.6 Å². The molecule has 1 atom stereocenters. The zero-order valence-corrected chi connectivity index (χ0v) is 24.1. The molecular formula is C28H30Cl2FN3O4S. The number of hydrogen-bond donors (Lipinski definition) is 1. The molecule has 1 N–H and O–H groups in total. The van der Waals surface area contributed by atoms with Crippen LogP contribution in [0.2, 0.25) is 10.0 Å². The summed E-state index contributed by atoms with van der Waals surface area (Å²) in [6.45, 7) is 3.01. The molecule has 0 saturated heterocycles. The topological polar surface area (TPSA) is 86.8 Å². The van der Waals surface area contributed by atoms with E-state index in [4.69, 9.17) is 23.2 Å². The Hall–Kier alpha value is -3.14. The van der Waals surface area contributed by atoms with Crippen molar-refractivity contribution in [2.24, 2.45) is 0 Å². The molecule has 11 heteroatoms. The van der Waals surface area contributed by atoms with Gasteiger partial charge in [-0.05, 0) is 55.3 Å². The fourth-order valence-corrected chi connectivity index (χ4v) is 5.12. The Labute approximate surface area is 238 Å². The first kappa shape index (κ1) is 30.4. The summed E-state index contributed by atoms with van der Waals surface area (Å²) in [6.07, 6.45) is 1.13. The summed E-state index contributed by atoms with van der Waals surface area (Å²) in [7, 11) is -3.99. The normalized spacial score (nSPS) is 12.2. The van der Waals surface area contributed by atoms with Crippen LogP contribution in [0.1, 0.15) is 25.0 Å². The number of amides is 2. The van der Waals surface area contributed by atoms with Crippen LogP contribution in [0.25, 0.3) is 0 Å². The van der Waals surface area contributed by atoms with Gasteiger partial charge in [0.15, 0.2) is 0 Å². The molecule has 7 nitrogen and oxygen atoms in total. The number of benzene rings is 3. The van der Waals surface area contributed by atoms with Crippen LogP contribution in [0.15, 0.2) is 72.8 Å². The third-order valence-electron chi connectivity index (χ3n) is 5.84. The third-order valence-corrected chi connectivity index (χ3v) is 7.52. The van der Waals surface area contributed by atoms with Crippen molar-refractivity contribution in [1.29, 1.82) is 0 Å². The number of carbonyl (C=O) groups excluding carboxylic acids is 2. The minimum Gasteiger partial charge on any atom is -0.352 e. The Bertz CT molecular complexity index is 1400. The second-order valence-electron chi connectivity index (χ2n) is 9.38. The average molecular weight is 595 g/mol. The first-order valence-electron chi connectivity index (χ1n) is 12.2. The molecule has 2 amide bonds. The number of nitrogens with one attached hydrogen (secondary N) is 1. The van der Waals surface area contributed by atoms with Gasteiger partial charge < -0.3 is 10.2 Å². The van der Waals surface area contributed by atoms with E-state index in [1.165, 1.54) is 11.0 Å². The summed E-state index contributed by atoms with van der Waals surface area (Å²) in [5.74, 6) is -1.74. The van der Waals surface area contributed by atoms with Gasteiger partial charge >= 0.3 is 0 Å². The number of anilines is 1. The Morgan fingerprint density at radius 2 is 1.59 bits per heavy atom. The first-order chi connectivity index (χ1) is 18.3. The minimum atomic E-state index is -3.99. The van der Waals surface area contributed by atoms with Crippen molar-refractivity contribution < 1.29 is 22.4 Å². The van der Waals surface area contributed by atoms with Crippen LogP contribution in [-0.4, -0.2) is 50.0 Å². The molecule has 0 heterocycles. The zero-order valence-electron chi connectivity index (χ0n) is 21.8. The summed E-state index contributed by atoms with van der Waals surface area (Å²) in [5, 5.41) is 3.10. The number of carbonyl (C=O) groups is 2. The highest BCUT2D eigenvalue weighted by Gasteiger charge is 2.33. The van der Waals surface area contributed by atoms with E-state index in [2.05, 4.69) is 5.32 Å². The summed E-state index contributed by atoms with van der Waals surface area (Å²) >= 11 is 11.9. The summed E-state index contributed by atoms with van der Waals surface area (Å²) in [4.78, 5) is 28.7. The number of nitrogens with zero attached hydrogens (tertiary/aromatic N) is 2. The van der Waals surface area contributed by atoms with E-state index in [-0.39, 0.29) is 35.6 Å². The molecule has 0 unspecified atom stereocenters. The second-order valence-corrected chi connectivity index (χ2v) is 12.1. The maximum absolute atomic E-state index is 13.9. The molecule has 3 aromatic carbocycles. The zero-order chi connectivity index (χ0) is 28.7. The molecule has 0 fully saturated rings. The molecule has 0 spiro atoms. The quantitative estimate of drug-likeness (QED) is 0.336. The van der Waals surface area contributed by atoms with Crippen LogP contribution in [0, 0.1) is 5.82 Å². The molecule has 208 valence electrons. The van der Waals surface area contributed by atoms with E-state index >= 15 is 0 Å². The Morgan fingerprint density at radius 3 is 2.15 bits per heavy atom. The lowest BCUT2D eigenvalue weighted by molar-refractivity contribution is -0.140. The summed E-state index contributed by atoms with van der Waals surface area (Å²) in [5.41, 5.74) is 1.54. The highest BCUT2D eigenvalue weighted by molar-refractivity contribution is 7.92. The fraction of sp³-hybridized carbons (Fsp3) is 0.286. The number of sulfonamides is 1. The fourth-order valence-electron chi connectivity index (χ4n) is 3.98. The lowest BCUT2D eigenvalue weighted by Crippen LogP contribution is -2.54. The number of hydrogen-bond acceptors (Lipinski definition) is 4. The van der Waals surface area contributed by atoms with Gasteiger partial charge in [0, 0.05) is 24.0 Å². The highest BCUT2D eigenvalue weighted by atomic mass is 35.5. The Kier molecular flexibility index (Phi) is 10.4. The van der Waals surface area contributed by atoms with E-state index in [1.807, 2.05) is 44.2 Å². The summed E-state index contributed by atoms with van der Waals surface area (Å²) < 4.78 is 40.1. The molecule has 3 rings (SSSR count). The van der Waals surface area contributed by atoms with Crippen molar-refractivity contribution in [1.82, 2.24) is 10.2 Å². The molecule has 0 aliphatic heterocycles. The molecule has 0 aliphatic carbocycles. The number of rotatable bonds is 11. The predicted molar refractivity (Wildman–Crippen MR) is 153 cm³/mol. The minimum absolute atomic E-state index is 0.0147. The van der Waals surface area contributed by atoms with Gasteiger partial charge in [-0.15, -0.1) is 0 Å². The molecule has 3 aromatic rings. The van der Waals surface area contributed by atoms with E-state index in [1.54, 1.807) is 24.3 Å². The molecule has 0 radical (unpaired) electrons. The molecule has 39 heavy (non-hydrogen) atoms. The van der Waals surface area contributed by atoms with Gasteiger partial charge in [0.05, 0.1) is 17.0 Å². The smallest absolute Gasteiger partial charge is 0.244 e. The van der Waals surface area contributed by atoms with Crippen molar-refractivity contribution in [2.45, 2.75) is 38.9 Å². The average Bonchev–Trinajstić information content (AvgIpc) is 2.87. The predicted octanol–water partition coefficient (Wildman–Crippen LogP) is 5.06. The summed E-state index contributed by atoms with van der Waals surface area (Å²) in [6, 6.07) is 18.3. The largest absolute Gasteiger partial charge is 0.352 e. The lowest BCUT2D eigenvalue weighted by atomic mass is 10.0. The van der Waals surface area contributed by atoms with Crippen LogP contribution in [0.3, 0.4) is 0 Å². The molecular weight excluding hydrogens is 564 g/mol. The van der Waals surface area contributed by atoms with E-state index < -0.39 is 34.3 Å². The van der Waals surface area contributed by atoms with Gasteiger partial charge in [-0.1, -0.05) is 65.7 Å². The van der Waals surface area contributed by atoms with Gasteiger partial charge in [-0.3, -0.25) is 13.9 Å². The van der Waals surface area contributed by atoms with Gasteiger partial charge in [-0.2, -0.15) is 0 Å². The van der Waals surface area contributed by atoms with Crippen LogP contribution >= 0.6 is 23.2 Å². The molecule has 0 aliphatic rings. The van der Waals surface area contributed by atoms with Crippen molar-refractivity contribution in [3.8, 4) is 0 Å². The molecule has 0 aromatic heterocycles. The number of halogens is 3. The van der Waals surface area contributed by atoms with Crippen molar-refractivity contribution in [3.63, 3.8) is 0 Å². The SMILES string of the molecule is CC(C)NC(=O)[C@H](Cc1ccccc1)N(Cc1ccc(Cl)cc1)C(=O)CN(c1ccc(F)c(Cl)c1)S(C)(=O)=O. The van der Waals surface area contributed by atoms with Crippen LogP contribution in [0.4, 0.5) is 10.1 Å². The molecule has 0 bridgehead atoms. The van der Waals surface area contributed by atoms with Crippen molar-refractivity contribution >= 4 is 50.7 Å². The third kappa shape index (κ3) is 8.68. The first-order valence-corrected chi connectivity index (χ1v) is 14.8. The molecule has 0 saturated carbocycles. The highest BCUT2D eigenvalue weighted by Crippen LogP contribution is 2.25. The van der Waals surface area contributed by atoms with Gasteiger partial charge in [-0.25, -0.2) is 12.8 Å². The maximum atomic E-state index is 13.9. The van der Waals surface area contributed by atoms with Crippen LogP contribution < -0.4 is 9.62 Å². The Balaban J connectivity index is 2.06. The van der Waals surface area contributed by atoms with Crippen LogP contribution in [0.5, 0.6) is 0 Å².